The molecule has 33 heavy (non-hydrogen) atoms. The molecule has 0 saturated carbocycles. The zero-order chi connectivity index (χ0) is 23.0. The van der Waals surface area contributed by atoms with Crippen molar-refractivity contribution in [3.63, 3.8) is 0 Å². The molecule has 4 aromatic rings. The highest BCUT2D eigenvalue weighted by atomic mass is 32.1. The van der Waals surface area contributed by atoms with Crippen LogP contribution in [0.1, 0.15) is 21.5 Å². The van der Waals surface area contributed by atoms with E-state index in [1.807, 2.05) is 72.8 Å². The van der Waals surface area contributed by atoms with Gasteiger partial charge in [-0.25, -0.2) is 0 Å². The van der Waals surface area contributed by atoms with Gasteiger partial charge in [0.1, 0.15) is 0 Å². The Labute approximate surface area is 197 Å². The molecular formula is C27H23N3O2S. The van der Waals surface area contributed by atoms with Gasteiger partial charge < -0.3 is 16.0 Å². The number of para-hydroxylation sites is 1. The second-order valence-corrected chi connectivity index (χ2v) is 7.94. The van der Waals surface area contributed by atoms with Gasteiger partial charge in [0.2, 0.25) is 5.91 Å². The third-order valence-corrected chi connectivity index (χ3v) is 5.40. The predicted molar refractivity (Wildman–Crippen MR) is 136 cm³/mol. The molecule has 0 aliphatic heterocycles. The van der Waals surface area contributed by atoms with Crippen molar-refractivity contribution in [3.8, 4) is 0 Å². The SMILES string of the molecule is O=C(Cc1cccc2ccccc12)NC(=S)Nc1ccccc1C(=O)NCc1ccccc1. The Morgan fingerprint density at radius 1 is 0.758 bits per heavy atom. The van der Waals surface area contributed by atoms with Crippen molar-refractivity contribution in [2.75, 3.05) is 5.32 Å². The second-order valence-electron chi connectivity index (χ2n) is 7.53. The van der Waals surface area contributed by atoms with Crippen molar-refractivity contribution >= 4 is 45.6 Å². The van der Waals surface area contributed by atoms with E-state index < -0.39 is 0 Å². The molecule has 0 saturated heterocycles. The molecular weight excluding hydrogens is 430 g/mol. The minimum atomic E-state index is -0.230. The van der Waals surface area contributed by atoms with Crippen LogP contribution in [-0.4, -0.2) is 16.9 Å². The lowest BCUT2D eigenvalue weighted by molar-refractivity contribution is -0.119. The fourth-order valence-electron chi connectivity index (χ4n) is 3.61. The molecule has 5 nitrogen and oxygen atoms in total. The summed E-state index contributed by atoms with van der Waals surface area (Å²) in [5.41, 5.74) is 2.90. The molecule has 0 spiro atoms. The third-order valence-electron chi connectivity index (χ3n) is 5.20. The quantitative estimate of drug-likeness (QED) is 0.366. The maximum absolute atomic E-state index is 12.7. The molecule has 0 atom stereocenters. The van der Waals surface area contributed by atoms with Crippen LogP contribution in [0.3, 0.4) is 0 Å². The Hall–Kier alpha value is -4.03. The number of hydrogen-bond donors (Lipinski definition) is 3. The van der Waals surface area contributed by atoms with Gasteiger partial charge in [-0.2, -0.15) is 0 Å². The number of thiocarbonyl (C=S) groups is 1. The summed E-state index contributed by atoms with van der Waals surface area (Å²) in [6.45, 7) is 0.417. The molecule has 0 unspecified atom stereocenters. The van der Waals surface area contributed by atoms with Crippen molar-refractivity contribution in [3.05, 3.63) is 114 Å². The zero-order valence-electron chi connectivity index (χ0n) is 17.9. The van der Waals surface area contributed by atoms with Gasteiger partial charge in [0.15, 0.2) is 5.11 Å². The smallest absolute Gasteiger partial charge is 0.253 e. The number of carbonyl (C=O) groups excluding carboxylic acids is 2. The van der Waals surface area contributed by atoms with Crippen LogP contribution in [0.4, 0.5) is 5.69 Å². The minimum Gasteiger partial charge on any atom is -0.348 e. The molecule has 164 valence electrons. The van der Waals surface area contributed by atoms with Gasteiger partial charge >= 0.3 is 0 Å². The molecule has 0 fully saturated rings. The average molecular weight is 454 g/mol. The largest absolute Gasteiger partial charge is 0.348 e. The summed E-state index contributed by atoms with van der Waals surface area (Å²) < 4.78 is 0. The highest BCUT2D eigenvalue weighted by Crippen LogP contribution is 2.19. The number of rotatable bonds is 6. The zero-order valence-corrected chi connectivity index (χ0v) is 18.7. The fraction of sp³-hybridized carbons (Fsp3) is 0.0741. The number of nitrogens with one attached hydrogen (secondary N) is 3. The molecule has 0 aromatic heterocycles. The van der Waals surface area contributed by atoms with Gasteiger partial charge in [0.25, 0.3) is 5.91 Å². The summed E-state index contributed by atoms with van der Waals surface area (Å²) in [5.74, 6) is -0.457. The first-order valence-electron chi connectivity index (χ1n) is 10.6. The first-order chi connectivity index (χ1) is 16.1. The lowest BCUT2D eigenvalue weighted by atomic mass is 10.0. The average Bonchev–Trinajstić information content (AvgIpc) is 2.83. The van der Waals surface area contributed by atoms with E-state index in [0.29, 0.717) is 17.8 Å². The number of benzene rings is 4. The Morgan fingerprint density at radius 3 is 2.30 bits per heavy atom. The van der Waals surface area contributed by atoms with E-state index in [4.69, 9.17) is 12.2 Å². The third kappa shape index (κ3) is 5.81. The first kappa shape index (κ1) is 22.2. The van der Waals surface area contributed by atoms with Crippen LogP contribution in [-0.2, 0) is 17.8 Å². The number of anilines is 1. The van der Waals surface area contributed by atoms with Crippen molar-refractivity contribution in [2.24, 2.45) is 0 Å². The van der Waals surface area contributed by atoms with Gasteiger partial charge in [-0.3, -0.25) is 9.59 Å². The maximum Gasteiger partial charge on any atom is 0.253 e. The van der Waals surface area contributed by atoms with E-state index in [1.54, 1.807) is 24.3 Å². The van der Waals surface area contributed by atoms with E-state index in [0.717, 1.165) is 21.9 Å². The van der Waals surface area contributed by atoms with Crippen molar-refractivity contribution in [2.45, 2.75) is 13.0 Å². The standard InChI is InChI=1S/C27H23N3O2S/c31-25(17-21-13-8-12-20-11-4-5-14-22(20)21)30-27(33)29-24-16-7-6-15-23(24)26(32)28-18-19-9-2-1-3-10-19/h1-16H,17-18H2,(H,28,32)(H2,29,30,31,33). The summed E-state index contributed by atoms with van der Waals surface area (Å²) in [6, 6.07) is 30.6. The second kappa shape index (κ2) is 10.5. The van der Waals surface area contributed by atoms with Gasteiger partial charge in [0, 0.05) is 6.54 Å². The van der Waals surface area contributed by atoms with Crippen LogP contribution in [0.25, 0.3) is 10.8 Å². The summed E-state index contributed by atoms with van der Waals surface area (Å²) in [5, 5.41) is 10.9. The van der Waals surface area contributed by atoms with Crippen LogP contribution >= 0.6 is 12.2 Å². The molecule has 4 aromatic carbocycles. The topological polar surface area (TPSA) is 70.2 Å². The lowest BCUT2D eigenvalue weighted by Gasteiger charge is -2.14. The molecule has 0 bridgehead atoms. The monoisotopic (exact) mass is 453 g/mol. The first-order valence-corrected chi connectivity index (χ1v) is 11.0. The minimum absolute atomic E-state index is 0.142. The molecule has 4 rings (SSSR count). The Balaban J connectivity index is 1.38. The number of hydrogen-bond acceptors (Lipinski definition) is 3. The maximum atomic E-state index is 12.7. The van der Waals surface area contributed by atoms with E-state index in [2.05, 4.69) is 16.0 Å². The molecule has 0 aliphatic carbocycles. The number of fused-ring (bicyclic) bond motifs is 1. The van der Waals surface area contributed by atoms with Crippen LogP contribution < -0.4 is 16.0 Å². The van der Waals surface area contributed by atoms with E-state index in [-0.39, 0.29) is 23.3 Å². The summed E-state index contributed by atoms with van der Waals surface area (Å²) >= 11 is 5.34. The number of carbonyl (C=O) groups is 2. The lowest BCUT2D eigenvalue weighted by Crippen LogP contribution is -2.36. The highest BCUT2D eigenvalue weighted by molar-refractivity contribution is 7.80. The van der Waals surface area contributed by atoms with E-state index >= 15 is 0 Å². The highest BCUT2D eigenvalue weighted by Gasteiger charge is 2.13. The Morgan fingerprint density at radius 2 is 1.45 bits per heavy atom. The van der Waals surface area contributed by atoms with Crippen molar-refractivity contribution < 1.29 is 9.59 Å². The van der Waals surface area contributed by atoms with Crippen LogP contribution in [0.15, 0.2) is 97.1 Å². The molecule has 0 heterocycles. The predicted octanol–water partition coefficient (Wildman–Crippen LogP) is 4.83. The van der Waals surface area contributed by atoms with Crippen molar-refractivity contribution in [1.29, 1.82) is 0 Å². The van der Waals surface area contributed by atoms with Crippen LogP contribution in [0.5, 0.6) is 0 Å². The van der Waals surface area contributed by atoms with E-state index in [9.17, 15) is 9.59 Å². The number of amides is 2. The van der Waals surface area contributed by atoms with Crippen molar-refractivity contribution in [1.82, 2.24) is 10.6 Å². The fourth-order valence-corrected chi connectivity index (χ4v) is 3.83. The van der Waals surface area contributed by atoms with Gasteiger partial charge in [0.05, 0.1) is 17.7 Å². The molecule has 0 radical (unpaired) electrons. The summed E-state index contributed by atoms with van der Waals surface area (Å²) in [6.07, 6.45) is 0.197. The molecule has 6 heteroatoms. The van der Waals surface area contributed by atoms with Gasteiger partial charge in [-0.15, -0.1) is 0 Å². The van der Waals surface area contributed by atoms with Crippen LogP contribution in [0.2, 0.25) is 0 Å². The molecule has 3 N–H and O–H groups in total. The normalized spacial score (nSPS) is 10.4. The molecule has 0 aliphatic rings. The van der Waals surface area contributed by atoms with Gasteiger partial charge in [-0.05, 0) is 46.2 Å². The molecule has 2 amide bonds. The summed E-state index contributed by atoms with van der Waals surface area (Å²) in [4.78, 5) is 25.3. The van der Waals surface area contributed by atoms with Gasteiger partial charge in [-0.1, -0.05) is 84.9 Å². The Bertz CT molecular complexity index is 1300. The van der Waals surface area contributed by atoms with Crippen LogP contribution in [0, 0.1) is 0 Å². The van der Waals surface area contributed by atoms with E-state index in [1.165, 1.54) is 0 Å². The summed E-state index contributed by atoms with van der Waals surface area (Å²) in [7, 11) is 0. The Kier molecular flexibility index (Phi) is 7.07.